The number of furan rings is 1. The lowest BCUT2D eigenvalue weighted by molar-refractivity contribution is -0.133. The van der Waals surface area contributed by atoms with Gasteiger partial charge in [0, 0.05) is 24.0 Å². The summed E-state index contributed by atoms with van der Waals surface area (Å²) >= 11 is 0. The third-order valence-electron chi connectivity index (χ3n) is 4.21. The van der Waals surface area contributed by atoms with Crippen molar-refractivity contribution in [3.63, 3.8) is 0 Å². The number of hydrogen-bond acceptors (Lipinski definition) is 2. The first-order chi connectivity index (χ1) is 9.56. The number of nitrogens with zero attached hydrogens (tertiary/aromatic N) is 1. The Morgan fingerprint density at radius 1 is 1.35 bits per heavy atom. The first-order valence-electron chi connectivity index (χ1n) is 7.34. The molecule has 0 bridgehead atoms. The number of amides is 1. The minimum atomic E-state index is 0.214. The van der Waals surface area contributed by atoms with E-state index in [4.69, 9.17) is 4.42 Å². The Morgan fingerprint density at radius 2 is 2.10 bits per heavy atom. The van der Waals surface area contributed by atoms with Crippen LogP contribution in [0, 0.1) is 6.92 Å². The standard InChI is InChI=1S/C17H21NO2/c1-11(2)14-9-15-13(8-17(19)18-5-4-6-18)10-20-16(15)7-12(14)3/h7,9-11H,4-6,8H2,1-3H3. The van der Waals surface area contributed by atoms with Crippen molar-refractivity contribution in [3.8, 4) is 0 Å². The van der Waals surface area contributed by atoms with Crippen LogP contribution in [-0.2, 0) is 11.2 Å². The number of likely N-dealkylation sites (tertiary alicyclic amines) is 1. The second-order valence-electron chi connectivity index (χ2n) is 6.03. The molecule has 1 fully saturated rings. The molecular formula is C17H21NO2. The van der Waals surface area contributed by atoms with E-state index in [0.717, 1.165) is 36.0 Å². The quantitative estimate of drug-likeness (QED) is 0.854. The summed E-state index contributed by atoms with van der Waals surface area (Å²) in [6.45, 7) is 8.32. The summed E-state index contributed by atoms with van der Waals surface area (Å²) in [5.41, 5.74) is 4.48. The number of hydrogen-bond donors (Lipinski definition) is 0. The van der Waals surface area contributed by atoms with Crippen molar-refractivity contribution >= 4 is 16.9 Å². The maximum absolute atomic E-state index is 12.1. The second-order valence-corrected chi connectivity index (χ2v) is 6.03. The molecule has 1 saturated heterocycles. The summed E-state index contributed by atoms with van der Waals surface area (Å²) in [5, 5.41) is 1.09. The topological polar surface area (TPSA) is 33.5 Å². The summed E-state index contributed by atoms with van der Waals surface area (Å²) in [5.74, 6) is 0.693. The predicted octanol–water partition coefficient (Wildman–Crippen LogP) is 3.64. The highest BCUT2D eigenvalue weighted by atomic mass is 16.3. The molecule has 0 atom stereocenters. The zero-order valence-corrected chi connectivity index (χ0v) is 12.4. The second kappa shape index (κ2) is 4.97. The minimum Gasteiger partial charge on any atom is -0.464 e. The van der Waals surface area contributed by atoms with Gasteiger partial charge in [-0.3, -0.25) is 4.79 Å². The van der Waals surface area contributed by atoms with Gasteiger partial charge in [0.25, 0.3) is 0 Å². The molecule has 20 heavy (non-hydrogen) atoms. The van der Waals surface area contributed by atoms with Crippen molar-refractivity contribution in [2.75, 3.05) is 13.1 Å². The lowest BCUT2D eigenvalue weighted by Crippen LogP contribution is -2.42. The van der Waals surface area contributed by atoms with E-state index in [9.17, 15) is 4.79 Å². The van der Waals surface area contributed by atoms with E-state index in [1.807, 2.05) is 4.90 Å². The van der Waals surface area contributed by atoms with Crippen LogP contribution in [0.4, 0.5) is 0 Å². The third-order valence-corrected chi connectivity index (χ3v) is 4.21. The molecule has 3 nitrogen and oxygen atoms in total. The van der Waals surface area contributed by atoms with E-state index in [1.165, 1.54) is 11.1 Å². The van der Waals surface area contributed by atoms with Gasteiger partial charge in [-0.05, 0) is 42.5 Å². The molecule has 1 aromatic carbocycles. The molecule has 2 aromatic rings. The molecule has 0 saturated carbocycles. The van der Waals surface area contributed by atoms with E-state index in [-0.39, 0.29) is 5.91 Å². The molecule has 1 aliphatic heterocycles. The summed E-state index contributed by atoms with van der Waals surface area (Å²) in [4.78, 5) is 14.0. The first kappa shape index (κ1) is 13.2. The van der Waals surface area contributed by atoms with E-state index in [1.54, 1.807) is 6.26 Å². The van der Waals surface area contributed by atoms with Gasteiger partial charge >= 0.3 is 0 Å². The van der Waals surface area contributed by atoms with Crippen molar-refractivity contribution in [1.82, 2.24) is 4.90 Å². The smallest absolute Gasteiger partial charge is 0.227 e. The fraction of sp³-hybridized carbons (Fsp3) is 0.471. The molecule has 0 N–H and O–H groups in total. The van der Waals surface area contributed by atoms with Crippen LogP contribution in [0.3, 0.4) is 0 Å². The van der Waals surface area contributed by atoms with Crippen LogP contribution in [0.2, 0.25) is 0 Å². The Hall–Kier alpha value is -1.77. The van der Waals surface area contributed by atoms with Gasteiger partial charge in [-0.25, -0.2) is 0 Å². The fourth-order valence-corrected chi connectivity index (χ4v) is 2.84. The fourth-order valence-electron chi connectivity index (χ4n) is 2.84. The number of carbonyl (C=O) groups is 1. The maximum Gasteiger partial charge on any atom is 0.227 e. The highest BCUT2D eigenvalue weighted by Crippen LogP contribution is 2.29. The molecular weight excluding hydrogens is 250 g/mol. The van der Waals surface area contributed by atoms with Gasteiger partial charge in [-0.2, -0.15) is 0 Å². The Morgan fingerprint density at radius 3 is 2.70 bits per heavy atom. The van der Waals surface area contributed by atoms with Crippen molar-refractivity contribution in [3.05, 3.63) is 35.1 Å². The molecule has 1 aromatic heterocycles. The van der Waals surface area contributed by atoms with Crippen LogP contribution in [-0.4, -0.2) is 23.9 Å². The summed E-state index contributed by atoms with van der Waals surface area (Å²) in [6.07, 6.45) is 3.33. The molecule has 0 spiro atoms. The van der Waals surface area contributed by atoms with Crippen molar-refractivity contribution < 1.29 is 9.21 Å². The van der Waals surface area contributed by atoms with Crippen molar-refractivity contribution in [2.24, 2.45) is 0 Å². The molecule has 1 aliphatic rings. The van der Waals surface area contributed by atoms with Gasteiger partial charge in [-0.1, -0.05) is 13.8 Å². The van der Waals surface area contributed by atoms with Gasteiger partial charge in [0.1, 0.15) is 5.58 Å². The van der Waals surface area contributed by atoms with Crippen LogP contribution >= 0.6 is 0 Å². The number of carbonyl (C=O) groups excluding carboxylic acids is 1. The zero-order chi connectivity index (χ0) is 14.3. The van der Waals surface area contributed by atoms with Gasteiger partial charge in [0.2, 0.25) is 5.91 Å². The highest BCUT2D eigenvalue weighted by molar-refractivity contribution is 5.88. The molecule has 3 rings (SSSR count). The van der Waals surface area contributed by atoms with Crippen LogP contribution in [0.1, 0.15) is 42.9 Å². The number of benzene rings is 1. The number of rotatable bonds is 3. The Kier molecular flexibility index (Phi) is 3.28. The molecule has 2 heterocycles. The average molecular weight is 271 g/mol. The summed E-state index contributed by atoms with van der Waals surface area (Å²) in [7, 11) is 0. The van der Waals surface area contributed by atoms with Gasteiger partial charge in [0.15, 0.2) is 0 Å². The van der Waals surface area contributed by atoms with Crippen molar-refractivity contribution in [2.45, 2.75) is 39.5 Å². The van der Waals surface area contributed by atoms with Crippen LogP contribution in [0.5, 0.6) is 0 Å². The lowest BCUT2D eigenvalue weighted by Gasteiger charge is -2.30. The normalized spacial score (nSPS) is 14.9. The lowest BCUT2D eigenvalue weighted by atomic mass is 9.95. The monoisotopic (exact) mass is 271 g/mol. The molecule has 106 valence electrons. The zero-order valence-electron chi connectivity index (χ0n) is 12.4. The average Bonchev–Trinajstić information content (AvgIpc) is 2.67. The van der Waals surface area contributed by atoms with Crippen LogP contribution < -0.4 is 0 Å². The third kappa shape index (κ3) is 2.21. The minimum absolute atomic E-state index is 0.214. The SMILES string of the molecule is Cc1cc2occ(CC(=O)N3CCC3)c2cc1C(C)C. The summed E-state index contributed by atoms with van der Waals surface area (Å²) in [6, 6.07) is 4.28. The first-order valence-corrected chi connectivity index (χ1v) is 7.34. The maximum atomic E-state index is 12.1. The number of fused-ring (bicyclic) bond motifs is 1. The highest BCUT2D eigenvalue weighted by Gasteiger charge is 2.22. The number of aryl methyl sites for hydroxylation is 1. The molecule has 1 amide bonds. The molecule has 0 unspecified atom stereocenters. The van der Waals surface area contributed by atoms with Crippen LogP contribution in [0.15, 0.2) is 22.8 Å². The van der Waals surface area contributed by atoms with E-state index < -0.39 is 0 Å². The van der Waals surface area contributed by atoms with Crippen LogP contribution in [0.25, 0.3) is 11.0 Å². The Labute approximate surface area is 119 Å². The summed E-state index contributed by atoms with van der Waals surface area (Å²) < 4.78 is 5.63. The Balaban J connectivity index is 1.94. The van der Waals surface area contributed by atoms with Crippen molar-refractivity contribution in [1.29, 1.82) is 0 Å². The van der Waals surface area contributed by atoms with Gasteiger partial charge < -0.3 is 9.32 Å². The van der Waals surface area contributed by atoms with E-state index in [2.05, 4.69) is 32.9 Å². The molecule has 0 aliphatic carbocycles. The van der Waals surface area contributed by atoms with E-state index in [0.29, 0.717) is 12.3 Å². The van der Waals surface area contributed by atoms with Gasteiger partial charge in [-0.15, -0.1) is 0 Å². The van der Waals surface area contributed by atoms with Gasteiger partial charge in [0.05, 0.1) is 12.7 Å². The predicted molar refractivity (Wildman–Crippen MR) is 79.9 cm³/mol. The Bertz CT molecular complexity index is 650. The molecule has 3 heteroatoms. The molecule has 0 radical (unpaired) electrons. The van der Waals surface area contributed by atoms with E-state index >= 15 is 0 Å². The largest absolute Gasteiger partial charge is 0.464 e.